The standard InChI is InChI=1S/C17H18N2O4/c1-3-9-19-11-14(7-8-15(19)20)18-16(21)12-5-4-6-13(10-12)17(22)23-2/h4-8,10-11H,3,9H2,1-2H3,(H,18,21). The Kier molecular flexibility index (Phi) is 5.30. The first-order chi connectivity index (χ1) is 11.0. The summed E-state index contributed by atoms with van der Waals surface area (Å²) in [7, 11) is 1.28. The van der Waals surface area contributed by atoms with Crippen LogP contribution >= 0.6 is 0 Å². The van der Waals surface area contributed by atoms with Crippen LogP contribution in [0.3, 0.4) is 0 Å². The van der Waals surface area contributed by atoms with Crippen LogP contribution in [0.2, 0.25) is 0 Å². The molecule has 120 valence electrons. The number of carbonyl (C=O) groups is 2. The van der Waals surface area contributed by atoms with Gasteiger partial charge in [-0.3, -0.25) is 9.59 Å². The molecular formula is C17H18N2O4. The summed E-state index contributed by atoms with van der Waals surface area (Å²) in [4.78, 5) is 35.5. The SMILES string of the molecule is CCCn1cc(NC(=O)c2cccc(C(=O)OC)c2)ccc1=O. The minimum atomic E-state index is -0.504. The molecule has 0 atom stereocenters. The van der Waals surface area contributed by atoms with Gasteiger partial charge in [0.2, 0.25) is 0 Å². The number of hydrogen-bond acceptors (Lipinski definition) is 4. The quantitative estimate of drug-likeness (QED) is 0.859. The number of nitrogens with one attached hydrogen (secondary N) is 1. The first kappa shape index (κ1) is 16.5. The van der Waals surface area contributed by atoms with E-state index in [0.29, 0.717) is 23.4 Å². The maximum Gasteiger partial charge on any atom is 0.337 e. The molecule has 2 rings (SSSR count). The molecule has 0 saturated heterocycles. The van der Waals surface area contributed by atoms with Gasteiger partial charge in [-0.25, -0.2) is 4.79 Å². The molecular weight excluding hydrogens is 296 g/mol. The molecule has 1 heterocycles. The zero-order valence-corrected chi connectivity index (χ0v) is 13.0. The minimum absolute atomic E-state index is 0.113. The summed E-state index contributed by atoms with van der Waals surface area (Å²) in [5.74, 6) is -0.867. The Morgan fingerprint density at radius 2 is 1.91 bits per heavy atom. The number of aryl methyl sites for hydroxylation is 1. The number of amides is 1. The third kappa shape index (κ3) is 4.06. The summed E-state index contributed by atoms with van der Waals surface area (Å²) in [5.41, 5.74) is 1.04. The fraction of sp³-hybridized carbons (Fsp3) is 0.235. The topological polar surface area (TPSA) is 77.4 Å². The summed E-state index contributed by atoms with van der Waals surface area (Å²) < 4.78 is 6.18. The molecule has 0 saturated carbocycles. The van der Waals surface area contributed by atoms with Crippen LogP contribution in [-0.4, -0.2) is 23.6 Å². The summed E-state index contributed by atoms with van der Waals surface area (Å²) in [5, 5.41) is 2.72. The van der Waals surface area contributed by atoms with Gasteiger partial charge in [0, 0.05) is 24.4 Å². The van der Waals surface area contributed by atoms with E-state index in [1.807, 2.05) is 6.92 Å². The summed E-state index contributed by atoms with van der Waals surface area (Å²) in [6.07, 6.45) is 2.42. The number of pyridine rings is 1. The number of nitrogens with zero attached hydrogens (tertiary/aromatic N) is 1. The smallest absolute Gasteiger partial charge is 0.337 e. The molecule has 1 aromatic heterocycles. The highest BCUT2D eigenvalue weighted by molar-refractivity contribution is 6.05. The highest BCUT2D eigenvalue weighted by atomic mass is 16.5. The van der Waals surface area contributed by atoms with Crippen molar-refractivity contribution >= 4 is 17.6 Å². The number of hydrogen-bond donors (Lipinski definition) is 1. The molecule has 6 heteroatoms. The van der Waals surface area contributed by atoms with Crippen molar-refractivity contribution in [2.75, 3.05) is 12.4 Å². The lowest BCUT2D eigenvalue weighted by atomic mass is 10.1. The normalized spacial score (nSPS) is 10.2. The second-order valence-corrected chi connectivity index (χ2v) is 4.98. The molecule has 0 aliphatic carbocycles. The van der Waals surface area contributed by atoms with Gasteiger partial charge in [-0.15, -0.1) is 0 Å². The van der Waals surface area contributed by atoms with Crippen LogP contribution in [0, 0.1) is 0 Å². The van der Waals surface area contributed by atoms with Gasteiger partial charge in [0.05, 0.1) is 18.4 Å². The number of rotatable bonds is 5. The lowest BCUT2D eigenvalue weighted by Crippen LogP contribution is -2.20. The number of benzene rings is 1. The van der Waals surface area contributed by atoms with Gasteiger partial charge in [0.25, 0.3) is 11.5 Å². The van der Waals surface area contributed by atoms with Crippen LogP contribution in [0.25, 0.3) is 0 Å². The Balaban J connectivity index is 2.21. The Labute approximate surface area is 133 Å². The third-order valence-electron chi connectivity index (χ3n) is 3.25. The van der Waals surface area contributed by atoms with E-state index in [9.17, 15) is 14.4 Å². The number of anilines is 1. The predicted molar refractivity (Wildman–Crippen MR) is 86.7 cm³/mol. The number of ether oxygens (including phenoxy) is 1. The van der Waals surface area contributed by atoms with Crippen molar-refractivity contribution in [1.82, 2.24) is 4.57 Å². The molecule has 1 amide bonds. The molecule has 2 aromatic rings. The van der Waals surface area contributed by atoms with Crippen molar-refractivity contribution in [3.05, 3.63) is 64.1 Å². The molecule has 23 heavy (non-hydrogen) atoms. The van der Waals surface area contributed by atoms with E-state index in [1.54, 1.807) is 35.0 Å². The average molecular weight is 314 g/mol. The van der Waals surface area contributed by atoms with Crippen molar-refractivity contribution in [1.29, 1.82) is 0 Å². The largest absolute Gasteiger partial charge is 0.465 e. The molecule has 1 aromatic carbocycles. The van der Waals surface area contributed by atoms with E-state index in [-0.39, 0.29) is 11.5 Å². The van der Waals surface area contributed by atoms with Gasteiger partial charge in [0.15, 0.2) is 0 Å². The van der Waals surface area contributed by atoms with Crippen LogP contribution in [-0.2, 0) is 11.3 Å². The van der Waals surface area contributed by atoms with Gasteiger partial charge < -0.3 is 14.6 Å². The Morgan fingerprint density at radius 3 is 2.61 bits per heavy atom. The van der Waals surface area contributed by atoms with Gasteiger partial charge in [-0.1, -0.05) is 13.0 Å². The summed E-state index contributed by atoms with van der Waals surface area (Å²) in [6, 6.07) is 9.21. The van der Waals surface area contributed by atoms with E-state index < -0.39 is 5.97 Å². The highest BCUT2D eigenvalue weighted by Crippen LogP contribution is 2.10. The molecule has 6 nitrogen and oxygen atoms in total. The third-order valence-corrected chi connectivity index (χ3v) is 3.25. The summed E-state index contributed by atoms with van der Waals surface area (Å²) in [6.45, 7) is 2.55. The van der Waals surface area contributed by atoms with Crippen molar-refractivity contribution in [3.8, 4) is 0 Å². The predicted octanol–water partition coefficient (Wildman–Crippen LogP) is 2.30. The lowest BCUT2D eigenvalue weighted by molar-refractivity contribution is 0.0600. The fourth-order valence-corrected chi connectivity index (χ4v) is 2.13. The Hall–Kier alpha value is -2.89. The zero-order valence-electron chi connectivity index (χ0n) is 13.0. The Morgan fingerprint density at radius 1 is 1.17 bits per heavy atom. The maximum absolute atomic E-state index is 12.3. The second kappa shape index (κ2) is 7.40. The first-order valence-corrected chi connectivity index (χ1v) is 7.25. The van der Waals surface area contributed by atoms with E-state index in [2.05, 4.69) is 10.1 Å². The van der Waals surface area contributed by atoms with Crippen molar-refractivity contribution < 1.29 is 14.3 Å². The number of aromatic nitrogens is 1. The molecule has 0 fully saturated rings. The fourth-order valence-electron chi connectivity index (χ4n) is 2.13. The lowest BCUT2D eigenvalue weighted by Gasteiger charge is -2.09. The van der Waals surface area contributed by atoms with Gasteiger partial charge in [-0.05, 0) is 30.7 Å². The number of esters is 1. The molecule has 0 aliphatic heterocycles. The maximum atomic E-state index is 12.3. The number of methoxy groups -OCH3 is 1. The molecule has 0 spiro atoms. The average Bonchev–Trinajstić information content (AvgIpc) is 2.57. The van der Waals surface area contributed by atoms with Gasteiger partial charge in [-0.2, -0.15) is 0 Å². The van der Waals surface area contributed by atoms with E-state index in [0.717, 1.165) is 6.42 Å². The van der Waals surface area contributed by atoms with Crippen molar-refractivity contribution in [2.24, 2.45) is 0 Å². The Bertz CT molecular complexity index is 780. The minimum Gasteiger partial charge on any atom is -0.465 e. The second-order valence-electron chi connectivity index (χ2n) is 4.98. The van der Waals surface area contributed by atoms with Crippen LogP contribution in [0.5, 0.6) is 0 Å². The monoisotopic (exact) mass is 314 g/mol. The molecule has 0 unspecified atom stereocenters. The van der Waals surface area contributed by atoms with Crippen molar-refractivity contribution in [3.63, 3.8) is 0 Å². The van der Waals surface area contributed by atoms with Crippen molar-refractivity contribution in [2.45, 2.75) is 19.9 Å². The van der Waals surface area contributed by atoms with E-state index in [1.165, 1.54) is 19.2 Å². The van der Waals surface area contributed by atoms with Crippen LogP contribution in [0.15, 0.2) is 47.4 Å². The molecule has 0 radical (unpaired) electrons. The summed E-state index contributed by atoms with van der Waals surface area (Å²) >= 11 is 0. The van der Waals surface area contributed by atoms with Crippen LogP contribution in [0.4, 0.5) is 5.69 Å². The van der Waals surface area contributed by atoms with E-state index in [4.69, 9.17) is 0 Å². The zero-order chi connectivity index (χ0) is 16.8. The van der Waals surface area contributed by atoms with Gasteiger partial charge in [0.1, 0.15) is 0 Å². The first-order valence-electron chi connectivity index (χ1n) is 7.25. The molecule has 1 N–H and O–H groups in total. The molecule has 0 aliphatic rings. The van der Waals surface area contributed by atoms with Crippen LogP contribution in [0.1, 0.15) is 34.1 Å². The molecule has 0 bridgehead atoms. The van der Waals surface area contributed by atoms with E-state index >= 15 is 0 Å². The van der Waals surface area contributed by atoms with Crippen LogP contribution < -0.4 is 10.9 Å². The highest BCUT2D eigenvalue weighted by Gasteiger charge is 2.11. The van der Waals surface area contributed by atoms with Gasteiger partial charge >= 0.3 is 5.97 Å². The number of carbonyl (C=O) groups excluding carboxylic acids is 2.